The summed E-state index contributed by atoms with van der Waals surface area (Å²) < 4.78 is 15.5. The van der Waals surface area contributed by atoms with Crippen molar-refractivity contribution < 1.29 is 54.8 Å². The zero-order valence-corrected chi connectivity index (χ0v) is 12.5. The summed E-state index contributed by atoms with van der Waals surface area (Å²) in [6, 6.07) is 0. The van der Waals surface area contributed by atoms with Gasteiger partial charge in [0.25, 0.3) is 0 Å². The molecule has 2 heterocycles. The molecule has 0 radical (unpaired) electrons. The van der Waals surface area contributed by atoms with Crippen molar-refractivity contribution in [1.82, 2.24) is 0 Å². The van der Waals surface area contributed by atoms with Gasteiger partial charge >= 0.3 is 0 Å². The molecule has 2 aliphatic rings. The van der Waals surface area contributed by atoms with Crippen molar-refractivity contribution in [2.75, 3.05) is 13.2 Å². The fraction of sp³-hybridized carbons (Fsp3) is 1.00. The third-order valence-electron chi connectivity index (χ3n) is 4.11. The predicted octanol–water partition coefficient (Wildman–Crippen LogP) is -5.50. The normalized spacial score (nSPS) is 50.0. The van der Waals surface area contributed by atoms with Crippen molar-refractivity contribution in [3.05, 3.63) is 0 Å². The van der Waals surface area contributed by atoms with Crippen LogP contribution >= 0.6 is 0 Å². The number of aliphatic hydroxyl groups is 7. The van der Waals surface area contributed by atoms with Crippen LogP contribution in [-0.2, 0) is 19.0 Å². The third-order valence-corrected chi connectivity index (χ3v) is 4.11. The Morgan fingerprint density at radius 3 is 1.92 bits per heavy atom. The van der Waals surface area contributed by atoms with Crippen LogP contribution < -0.4 is 5.90 Å². The van der Waals surface area contributed by atoms with Crippen LogP contribution in [0.3, 0.4) is 0 Å². The van der Waals surface area contributed by atoms with Crippen LogP contribution in [0, 0.1) is 0 Å². The molecular weight excluding hydrogens is 334 g/mol. The first-order valence-corrected chi connectivity index (χ1v) is 7.29. The Balaban J connectivity index is 2.14. The van der Waals surface area contributed by atoms with Gasteiger partial charge in [0, 0.05) is 0 Å². The molecule has 0 saturated carbocycles. The van der Waals surface area contributed by atoms with Crippen molar-refractivity contribution in [3.63, 3.8) is 0 Å². The highest BCUT2D eigenvalue weighted by atomic mass is 16.7. The van der Waals surface area contributed by atoms with E-state index >= 15 is 0 Å². The van der Waals surface area contributed by atoms with Crippen LogP contribution in [0.5, 0.6) is 0 Å². The average molecular weight is 357 g/mol. The summed E-state index contributed by atoms with van der Waals surface area (Å²) in [5, 5.41) is 67.6. The maximum atomic E-state index is 10.2. The van der Waals surface area contributed by atoms with Gasteiger partial charge in [-0.05, 0) is 0 Å². The minimum atomic E-state index is -1.71. The Bertz CT molecular complexity index is 399. The molecule has 2 fully saturated rings. The van der Waals surface area contributed by atoms with Crippen molar-refractivity contribution in [2.24, 2.45) is 5.90 Å². The first kappa shape index (κ1) is 19.8. The first-order valence-electron chi connectivity index (χ1n) is 7.29. The van der Waals surface area contributed by atoms with E-state index in [0.717, 1.165) is 0 Å². The van der Waals surface area contributed by atoms with Gasteiger partial charge in [-0.2, -0.15) is 0 Å². The van der Waals surface area contributed by atoms with Gasteiger partial charge in [-0.3, -0.25) is 4.84 Å². The minimum absolute atomic E-state index is 0.659. The molecule has 0 bridgehead atoms. The number of hydrogen-bond donors (Lipinski definition) is 8. The Morgan fingerprint density at radius 2 is 1.38 bits per heavy atom. The molecule has 2 saturated heterocycles. The van der Waals surface area contributed by atoms with E-state index in [0.29, 0.717) is 0 Å². The summed E-state index contributed by atoms with van der Waals surface area (Å²) in [5.74, 6) is 4.97. The highest BCUT2D eigenvalue weighted by Gasteiger charge is 2.50. The summed E-state index contributed by atoms with van der Waals surface area (Å²) in [6.07, 6.45) is -14.9. The summed E-state index contributed by atoms with van der Waals surface area (Å²) >= 11 is 0. The van der Waals surface area contributed by atoms with Crippen molar-refractivity contribution in [2.45, 2.75) is 61.4 Å². The van der Waals surface area contributed by atoms with Gasteiger partial charge in [0.2, 0.25) is 0 Å². The molecule has 0 aromatic heterocycles. The van der Waals surface area contributed by atoms with Crippen LogP contribution in [0.1, 0.15) is 0 Å². The molecule has 24 heavy (non-hydrogen) atoms. The Kier molecular flexibility index (Phi) is 6.83. The molecule has 0 spiro atoms. The van der Waals surface area contributed by atoms with Crippen molar-refractivity contribution in [1.29, 1.82) is 0 Å². The number of aliphatic hydroxyl groups excluding tert-OH is 7. The monoisotopic (exact) mass is 357 g/mol. The lowest BCUT2D eigenvalue weighted by atomic mass is 9.97. The molecule has 0 amide bonds. The molecule has 142 valence electrons. The Morgan fingerprint density at radius 1 is 0.750 bits per heavy atom. The Labute approximate surface area is 136 Å². The maximum Gasteiger partial charge on any atom is 0.187 e. The smallest absolute Gasteiger partial charge is 0.187 e. The van der Waals surface area contributed by atoms with E-state index in [1.165, 1.54) is 0 Å². The molecule has 0 aliphatic carbocycles. The Hall–Kier alpha value is -0.480. The number of hydrogen-bond acceptors (Lipinski definition) is 12. The second-order valence-electron chi connectivity index (χ2n) is 5.64. The fourth-order valence-electron chi connectivity index (χ4n) is 2.71. The van der Waals surface area contributed by atoms with Crippen LogP contribution in [0.4, 0.5) is 0 Å². The SMILES string of the molecule is NO[C@@H]1[C@@H](O)[C@@H](O[C@@H]2O[C@H](CO)[C@H](O)[C@H](O)[C@H]2O)[C@@H](CO)O[C@H]1O. The van der Waals surface area contributed by atoms with E-state index in [2.05, 4.69) is 4.84 Å². The van der Waals surface area contributed by atoms with E-state index in [1.54, 1.807) is 0 Å². The molecule has 0 aromatic rings. The van der Waals surface area contributed by atoms with E-state index in [1.807, 2.05) is 0 Å². The zero-order chi connectivity index (χ0) is 18.0. The van der Waals surface area contributed by atoms with Crippen molar-refractivity contribution in [3.8, 4) is 0 Å². The van der Waals surface area contributed by atoms with Gasteiger partial charge in [0.1, 0.15) is 42.7 Å². The fourth-order valence-corrected chi connectivity index (χ4v) is 2.71. The lowest BCUT2D eigenvalue weighted by Crippen LogP contribution is -2.65. The quantitative estimate of drug-likeness (QED) is 0.217. The second kappa shape index (κ2) is 8.27. The number of rotatable bonds is 5. The summed E-state index contributed by atoms with van der Waals surface area (Å²) in [4.78, 5) is 4.42. The van der Waals surface area contributed by atoms with Gasteiger partial charge < -0.3 is 50.0 Å². The summed E-state index contributed by atoms with van der Waals surface area (Å²) in [6.45, 7) is -1.32. The van der Waals surface area contributed by atoms with Gasteiger partial charge in [-0.1, -0.05) is 0 Å². The van der Waals surface area contributed by atoms with E-state index in [9.17, 15) is 30.6 Å². The van der Waals surface area contributed by atoms with Gasteiger partial charge in [-0.15, -0.1) is 0 Å². The maximum absolute atomic E-state index is 10.2. The molecule has 10 atom stereocenters. The lowest BCUT2D eigenvalue weighted by molar-refractivity contribution is -0.358. The zero-order valence-electron chi connectivity index (χ0n) is 12.5. The third kappa shape index (κ3) is 3.70. The molecular formula is C12H23NO11. The van der Waals surface area contributed by atoms with Crippen LogP contribution in [-0.4, -0.2) is 110 Å². The van der Waals surface area contributed by atoms with E-state index < -0.39 is 74.6 Å². The largest absolute Gasteiger partial charge is 0.394 e. The molecule has 9 N–H and O–H groups in total. The standard InChI is InChI=1S/C12H23NO11/c13-24-10-8(19)9(4(2-15)21-11(10)20)23-12-7(18)6(17)5(16)3(1-14)22-12/h3-12,14-20H,1-2,13H2/t3-,4-,5+,6+,7-,8+,9+,10-,11-,12+/m1/s1. The number of ether oxygens (including phenoxy) is 3. The minimum Gasteiger partial charge on any atom is -0.394 e. The lowest BCUT2D eigenvalue weighted by Gasteiger charge is -2.45. The molecule has 2 rings (SSSR count). The highest BCUT2D eigenvalue weighted by molar-refractivity contribution is 4.94. The van der Waals surface area contributed by atoms with Gasteiger partial charge in [-0.25, -0.2) is 5.90 Å². The molecule has 0 aromatic carbocycles. The van der Waals surface area contributed by atoms with E-state index in [-0.39, 0.29) is 0 Å². The predicted molar refractivity (Wildman–Crippen MR) is 71.7 cm³/mol. The second-order valence-corrected chi connectivity index (χ2v) is 5.64. The van der Waals surface area contributed by atoms with E-state index in [4.69, 9.17) is 25.2 Å². The highest BCUT2D eigenvalue weighted by Crippen LogP contribution is 2.29. The molecule has 12 nitrogen and oxygen atoms in total. The topological polar surface area (TPSA) is 205 Å². The average Bonchev–Trinajstić information content (AvgIpc) is 2.57. The van der Waals surface area contributed by atoms with Crippen LogP contribution in [0.2, 0.25) is 0 Å². The summed E-state index contributed by atoms with van der Waals surface area (Å²) in [5.41, 5.74) is 0. The molecule has 0 unspecified atom stereocenters. The summed E-state index contributed by atoms with van der Waals surface area (Å²) in [7, 11) is 0. The number of nitrogens with two attached hydrogens (primary N) is 1. The van der Waals surface area contributed by atoms with Gasteiger partial charge in [0.05, 0.1) is 13.2 Å². The van der Waals surface area contributed by atoms with Crippen LogP contribution in [0.25, 0.3) is 0 Å². The molecule has 12 heteroatoms. The first-order chi connectivity index (χ1) is 11.3. The van der Waals surface area contributed by atoms with Crippen molar-refractivity contribution >= 4 is 0 Å². The van der Waals surface area contributed by atoms with Gasteiger partial charge in [0.15, 0.2) is 18.7 Å². The molecule has 2 aliphatic heterocycles. The van der Waals surface area contributed by atoms with Crippen LogP contribution in [0.15, 0.2) is 0 Å².